The van der Waals surface area contributed by atoms with E-state index < -0.39 is 0 Å². The van der Waals surface area contributed by atoms with E-state index >= 15 is 0 Å². The highest BCUT2D eigenvalue weighted by Crippen LogP contribution is 2.20. The molecule has 0 N–H and O–H groups in total. The fraction of sp³-hybridized carbons (Fsp3) is 0.625. The molecule has 19 heavy (non-hydrogen) atoms. The molecule has 0 aliphatic heterocycles. The monoisotopic (exact) mass is 265 g/mol. The number of nitrogens with zero attached hydrogens (tertiary/aromatic N) is 1. The summed E-state index contributed by atoms with van der Waals surface area (Å²) in [6.07, 6.45) is 0. The predicted molar refractivity (Wildman–Crippen MR) is 80.0 cm³/mol. The molecule has 3 heteroatoms. The quantitative estimate of drug-likeness (QED) is 0.641. The molecule has 108 valence electrons. The summed E-state index contributed by atoms with van der Waals surface area (Å²) in [5.41, 5.74) is 2.48. The van der Waals surface area contributed by atoms with Crippen molar-refractivity contribution in [2.75, 3.05) is 39.5 Å². The lowest BCUT2D eigenvalue weighted by Crippen LogP contribution is -2.27. The molecule has 0 heterocycles. The summed E-state index contributed by atoms with van der Waals surface area (Å²) in [5, 5.41) is 0. The van der Waals surface area contributed by atoms with Crippen molar-refractivity contribution in [3.63, 3.8) is 0 Å². The molecule has 0 aliphatic carbocycles. The topological polar surface area (TPSA) is 21.7 Å². The van der Waals surface area contributed by atoms with E-state index in [9.17, 15) is 0 Å². The Hall–Kier alpha value is -1.06. The Bertz CT molecular complexity index is 362. The summed E-state index contributed by atoms with van der Waals surface area (Å²) in [6, 6.07) is 6.14. The van der Waals surface area contributed by atoms with Gasteiger partial charge in [-0.2, -0.15) is 0 Å². The smallest absolute Gasteiger partial charge is 0.122 e. The van der Waals surface area contributed by atoms with Gasteiger partial charge in [0.1, 0.15) is 12.4 Å². The average molecular weight is 265 g/mol. The lowest BCUT2D eigenvalue weighted by atomic mass is 10.1. The van der Waals surface area contributed by atoms with Crippen LogP contribution in [0.1, 0.15) is 25.0 Å². The van der Waals surface area contributed by atoms with Crippen LogP contribution in [0.4, 0.5) is 0 Å². The van der Waals surface area contributed by atoms with Crippen LogP contribution in [0.3, 0.4) is 0 Å². The number of aryl methyl sites for hydroxylation is 1. The Morgan fingerprint density at radius 1 is 1.00 bits per heavy atom. The minimum atomic E-state index is 0.614. The summed E-state index contributed by atoms with van der Waals surface area (Å²) >= 11 is 0. The van der Waals surface area contributed by atoms with E-state index in [0.29, 0.717) is 13.2 Å². The molecular formula is C16H27NO2. The second kappa shape index (κ2) is 8.94. The van der Waals surface area contributed by atoms with Crippen molar-refractivity contribution in [2.45, 2.75) is 27.7 Å². The Morgan fingerprint density at radius 2 is 1.74 bits per heavy atom. The van der Waals surface area contributed by atoms with Gasteiger partial charge < -0.3 is 14.4 Å². The standard InChI is InChI=1S/C16H27NO2/c1-5-17(6-2)10-11-18-12-13-19-16-9-7-8-14(3)15(16)4/h7-9H,5-6,10-13H2,1-4H3. The molecule has 1 aromatic carbocycles. The Labute approximate surface area is 117 Å². The van der Waals surface area contributed by atoms with Crippen molar-refractivity contribution in [3.8, 4) is 5.75 Å². The molecule has 0 fully saturated rings. The predicted octanol–water partition coefficient (Wildman–Crippen LogP) is 3.04. The molecule has 0 unspecified atom stereocenters. The zero-order chi connectivity index (χ0) is 14.1. The molecule has 0 amide bonds. The van der Waals surface area contributed by atoms with Gasteiger partial charge in [0.25, 0.3) is 0 Å². The molecule has 0 atom stereocenters. The highest BCUT2D eigenvalue weighted by molar-refractivity contribution is 5.38. The van der Waals surface area contributed by atoms with Crippen molar-refractivity contribution in [1.29, 1.82) is 0 Å². The van der Waals surface area contributed by atoms with Gasteiger partial charge >= 0.3 is 0 Å². The Kier molecular flexibility index (Phi) is 7.53. The first-order valence-corrected chi connectivity index (χ1v) is 7.18. The molecule has 0 spiro atoms. The average Bonchev–Trinajstić information content (AvgIpc) is 2.42. The summed E-state index contributed by atoms with van der Waals surface area (Å²) in [5.74, 6) is 0.965. The number of ether oxygens (including phenoxy) is 2. The van der Waals surface area contributed by atoms with Crippen LogP contribution in [0, 0.1) is 13.8 Å². The van der Waals surface area contributed by atoms with Gasteiger partial charge in [-0.05, 0) is 44.1 Å². The van der Waals surface area contributed by atoms with Gasteiger partial charge in [0.15, 0.2) is 0 Å². The third-order valence-electron chi connectivity index (χ3n) is 3.49. The van der Waals surface area contributed by atoms with Crippen molar-refractivity contribution in [1.82, 2.24) is 4.90 Å². The SMILES string of the molecule is CCN(CC)CCOCCOc1cccc(C)c1C. The second-order valence-corrected chi connectivity index (χ2v) is 4.69. The minimum Gasteiger partial charge on any atom is -0.491 e. The van der Waals surface area contributed by atoms with Gasteiger partial charge in [0, 0.05) is 6.54 Å². The Balaban J connectivity index is 2.16. The lowest BCUT2D eigenvalue weighted by molar-refractivity contribution is 0.0817. The molecule has 0 saturated heterocycles. The van der Waals surface area contributed by atoms with E-state index in [0.717, 1.165) is 32.0 Å². The van der Waals surface area contributed by atoms with E-state index in [4.69, 9.17) is 9.47 Å². The lowest BCUT2D eigenvalue weighted by Gasteiger charge is -2.17. The number of rotatable bonds is 9. The number of hydrogen-bond donors (Lipinski definition) is 0. The fourth-order valence-corrected chi connectivity index (χ4v) is 1.93. The van der Waals surface area contributed by atoms with Crippen molar-refractivity contribution < 1.29 is 9.47 Å². The molecule has 0 aliphatic rings. The van der Waals surface area contributed by atoms with Crippen LogP contribution in [0.2, 0.25) is 0 Å². The van der Waals surface area contributed by atoms with Gasteiger partial charge in [-0.15, -0.1) is 0 Å². The first-order chi connectivity index (χ1) is 9.19. The van der Waals surface area contributed by atoms with Crippen LogP contribution in [0.25, 0.3) is 0 Å². The molecule has 3 nitrogen and oxygen atoms in total. The van der Waals surface area contributed by atoms with Crippen LogP contribution < -0.4 is 4.74 Å². The van der Waals surface area contributed by atoms with Gasteiger partial charge in [-0.25, -0.2) is 0 Å². The van der Waals surface area contributed by atoms with Gasteiger partial charge in [-0.3, -0.25) is 0 Å². The number of likely N-dealkylation sites (N-methyl/N-ethyl adjacent to an activating group) is 1. The first-order valence-electron chi connectivity index (χ1n) is 7.18. The highest BCUT2D eigenvalue weighted by atomic mass is 16.5. The molecule has 1 rings (SSSR count). The molecular weight excluding hydrogens is 238 g/mol. The Morgan fingerprint density at radius 3 is 2.42 bits per heavy atom. The molecule has 1 aromatic rings. The maximum Gasteiger partial charge on any atom is 0.122 e. The van der Waals surface area contributed by atoms with Gasteiger partial charge in [0.2, 0.25) is 0 Å². The van der Waals surface area contributed by atoms with Crippen LogP contribution in [-0.4, -0.2) is 44.4 Å². The van der Waals surface area contributed by atoms with E-state index in [1.807, 2.05) is 12.1 Å². The third-order valence-corrected chi connectivity index (χ3v) is 3.49. The minimum absolute atomic E-state index is 0.614. The zero-order valence-electron chi connectivity index (χ0n) is 12.7. The van der Waals surface area contributed by atoms with Crippen LogP contribution in [-0.2, 0) is 4.74 Å². The number of benzene rings is 1. The third kappa shape index (κ3) is 5.62. The van der Waals surface area contributed by atoms with Gasteiger partial charge in [-0.1, -0.05) is 26.0 Å². The maximum atomic E-state index is 5.74. The second-order valence-electron chi connectivity index (χ2n) is 4.69. The van der Waals surface area contributed by atoms with Crippen molar-refractivity contribution in [2.24, 2.45) is 0 Å². The molecule has 0 radical (unpaired) electrons. The van der Waals surface area contributed by atoms with E-state index in [2.05, 4.69) is 38.7 Å². The van der Waals surface area contributed by atoms with Crippen molar-refractivity contribution >= 4 is 0 Å². The van der Waals surface area contributed by atoms with E-state index in [1.54, 1.807) is 0 Å². The van der Waals surface area contributed by atoms with Gasteiger partial charge in [0.05, 0.1) is 13.2 Å². The van der Waals surface area contributed by atoms with Crippen LogP contribution >= 0.6 is 0 Å². The zero-order valence-corrected chi connectivity index (χ0v) is 12.7. The largest absolute Gasteiger partial charge is 0.491 e. The first kappa shape index (κ1) is 16.0. The maximum absolute atomic E-state index is 5.74. The van der Waals surface area contributed by atoms with Crippen LogP contribution in [0.5, 0.6) is 5.75 Å². The van der Waals surface area contributed by atoms with E-state index in [1.165, 1.54) is 11.1 Å². The highest BCUT2D eigenvalue weighted by Gasteiger charge is 2.02. The summed E-state index contributed by atoms with van der Waals surface area (Å²) in [4.78, 5) is 2.35. The molecule has 0 saturated carbocycles. The summed E-state index contributed by atoms with van der Waals surface area (Å²) in [7, 11) is 0. The summed E-state index contributed by atoms with van der Waals surface area (Å²) < 4.78 is 11.3. The molecule has 0 bridgehead atoms. The summed E-state index contributed by atoms with van der Waals surface area (Å²) in [6.45, 7) is 13.7. The normalized spacial score (nSPS) is 11.0. The fourth-order valence-electron chi connectivity index (χ4n) is 1.93. The van der Waals surface area contributed by atoms with E-state index in [-0.39, 0.29) is 0 Å². The molecule has 0 aromatic heterocycles. The van der Waals surface area contributed by atoms with Crippen molar-refractivity contribution in [3.05, 3.63) is 29.3 Å². The number of hydrogen-bond acceptors (Lipinski definition) is 3. The van der Waals surface area contributed by atoms with Crippen LogP contribution in [0.15, 0.2) is 18.2 Å².